The van der Waals surface area contributed by atoms with Crippen molar-refractivity contribution in [3.05, 3.63) is 0 Å². The molecule has 0 aromatic heterocycles. The summed E-state index contributed by atoms with van der Waals surface area (Å²) >= 11 is 0. The van der Waals surface area contributed by atoms with Gasteiger partial charge in [-0.25, -0.2) is 9.59 Å². The summed E-state index contributed by atoms with van der Waals surface area (Å²) < 4.78 is 0. The van der Waals surface area contributed by atoms with Crippen LogP contribution >= 0.6 is 0 Å². The van der Waals surface area contributed by atoms with Crippen molar-refractivity contribution < 1.29 is 19.8 Å². The zero-order chi connectivity index (χ0) is 13.3. The summed E-state index contributed by atoms with van der Waals surface area (Å²) in [7, 11) is 0. The van der Waals surface area contributed by atoms with E-state index in [1.807, 2.05) is 0 Å². The lowest BCUT2D eigenvalue weighted by Gasteiger charge is -2.17. The fourth-order valence-electron chi connectivity index (χ4n) is 1.33. The van der Waals surface area contributed by atoms with Crippen LogP contribution in [-0.2, 0) is 4.79 Å². The minimum Gasteiger partial charge on any atom is -0.480 e. The van der Waals surface area contributed by atoms with Crippen LogP contribution in [0.3, 0.4) is 0 Å². The highest BCUT2D eigenvalue weighted by Gasteiger charge is 2.24. The third-order valence-electron chi connectivity index (χ3n) is 2.35. The van der Waals surface area contributed by atoms with E-state index in [1.165, 1.54) is 6.92 Å². The van der Waals surface area contributed by atoms with Gasteiger partial charge < -0.3 is 20.8 Å². The number of carbonyl (C=O) groups is 2. The van der Waals surface area contributed by atoms with Crippen molar-refractivity contribution in [2.75, 3.05) is 6.54 Å². The predicted octanol–water partition coefficient (Wildman–Crippen LogP) is 0.700. The number of aliphatic carboxylic acids is 1. The average Bonchev–Trinajstić information content (AvgIpc) is 2.24. The zero-order valence-electron chi connectivity index (χ0n) is 10.4. The number of amides is 2. The lowest BCUT2D eigenvalue weighted by molar-refractivity contribution is -0.141. The van der Waals surface area contributed by atoms with Crippen LogP contribution in [0.2, 0.25) is 0 Å². The Morgan fingerprint density at radius 3 is 2.35 bits per heavy atom. The second kappa shape index (κ2) is 8.81. The lowest BCUT2D eigenvalue weighted by Crippen LogP contribution is -2.51. The zero-order valence-corrected chi connectivity index (χ0v) is 10.4. The molecule has 0 saturated carbocycles. The van der Waals surface area contributed by atoms with Crippen LogP contribution in [0.1, 0.15) is 39.5 Å². The van der Waals surface area contributed by atoms with Gasteiger partial charge in [0.15, 0.2) is 6.04 Å². The average molecular weight is 246 g/mol. The smallest absolute Gasteiger partial charge is 0.328 e. The van der Waals surface area contributed by atoms with Gasteiger partial charge in [0.2, 0.25) is 0 Å². The van der Waals surface area contributed by atoms with E-state index in [-0.39, 0.29) is 0 Å². The van der Waals surface area contributed by atoms with Gasteiger partial charge in [0, 0.05) is 6.54 Å². The van der Waals surface area contributed by atoms with Gasteiger partial charge in [-0.15, -0.1) is 0 Å². The van der Waals surface area contributed by atoms with Crippen molar-refractivity contribution in [3.63, 3.8) is 0 Å². The van der Waals surface area contributed by atoms with E-state index in [0.29, 0.717) is 6.54 Å². The maximum atomic E-state index is 11.3. The summed E-state index contributed by atoms with van der Waals surface area (Å²) in [4.78, 5) is 22.0. The van der Waals surface area contributed by atoms with E-state index in [2.05, 4.69) is 17.6 Å². The molecule has 0 aliphatic heterocycles. The van der Waals surface area contributed by atoms with E-state index in [1.54, 1.807) is 0 Å². The summed E-state index contributed by atoms with van der Waals surface area (Å²) in [6.07, 6.45) is 3.02. The number of carboxylic acids is 1. The number of hydrogen-bond donors (Lipinski definition) is 4. The summed E-state index contributed by atoms with van der Waals surface area (Å²) in [5, 5.41) is 22.6. The number of nitrogens with one attached hydrogen (secondary N) is 2. The minimum atomic E-state index is -1.27. The first kappa shape index (κ1) is 15.7. The van der Waals surface area contributed by atoms with Gasteiger partial charge in [0.1, 0.15) is 0 Å². The Morgan fingerprint density at radius 2 is 1.88 bits per heavy atom. The molecule has 100 valence electrons. The summed E-state index contributed by atoms with van der Waals surface area (Å²) in [5.41, 5.74) is 0. The largest absolute Gasteiger partial charge is 0.480 e. The highest BCUT2D eigenvalue weighted by atomic mass is 16.4. The normalized spacial score (nSPS) is 13.8. The highest BCUT2D eigenvalue weighted by molar-refractivity contribution is 5.82. The quantitative estimate of drug-likeness (QED) is 0.474. The van der Waals surface area contributed by atoms with Crippen molar-refractivity contribution >= 4 is 12.0 Å². The van der Waals surface area contributed by atoms with E-state index in [0.717, 1.165) is 25.7 Å². The van der Waals surface area contributed by atoms with Crippen LogP contribution < -0.4 is 10.6 Å². The van der Waals surface area contributed by atoms with E-state index in [9.17, 15) is 9.59 Å². The van der Waals surface area contributed by atoms with Crippen LogP contribution in [0, 0.1) is 0 Å². The van der Waals surface area contributed by atoms with Crippen molar-refractivity contribution in [1.82, 2.24) is 10.6 Å². The first-order chi connectivity index (χ1) is 7.99. The van der Waals surface area contributed by atoms with Crippen molar-refractivity contribution in [3.8, 4) is 0 Å². The van der Waals surface area contributed by atoms with Crippen LogP contribution in [0.15, 0.2) is 0 Å². The van der Waals surface area contributed by atoms with E-state index in [4.69, 9.17) is 10.2 Å². The molecule has 0 aromatic rings. The standard InChI is InChI=1S/C11H22N2O4/c1-3-4-5-6-7-12-11(17)13-9(8(2)14)10(15)16/h8-9,14H,3-7H2,1-2H3,(H,15,16)(H2,12,13,17)/t8-,9+/m1/s1. The Kier molecular flexibility index (Phi) is 8.13. The molecule has 2 amide bonds. The molecule has 0 bridgehead atoms. The van der Waals surface area contributed by atoms with Gasteiger partial charge >= 0.3 is 12.0 Å². The molecule has 0 rings (SSSR count). The Balaban J connectivity index is 3.80. The summed E-state index contributed by atoms with van der Waals surface area (Å²) in [6.45, 7) is 3.93. The molecule has 6 heteroatoms. The molecule has 0 aromatic carbocycles. The third kappa shape index (κ3) is 7.57. The monoisotopic (exact) mass is 246 g/mol. The van der Waals surface area contributed by atoms with Crippen LogP contribution in [0.5, 0.6) is 0 Å². The first-order valence-electron chi connectivity index (χ1n) is 5.94. The number of hydrogen-bond acceptors (Lipinski definition) is 3. The van der Waals surface area contributed by atoms with Crippen LogP contribution in [0.25, 0.3) is 0 Å². The second-order valence-corrected chi connectivity index (χ2v) is 4.02. The number of rotatable bonds is 8. The molecule has 0 spiro atoms. The number of urea groups is 1. The molecular formula is C11H22N2O4. The molecule has 2 atom stereocenters. The molecule has 4 N–H and O–H groups in total. The number of carboxylic acid groups (broad SMARTS) is 1. The molecule has 0 aliphatic rings. The summed E-state index contributed by atoms with van der Waals surface area (Å²) in [6, 6.07) is -1.83. The molecule has 0 heterocycles. The Hall–Kier alpha value is -1.30. The lowest BCUT2D eigenvalue weighted by atomic mass is 10.2. The minimum absolute atomic E-state index is 0.512. The maximum absolute atomic E-state index is 11.3. The van der Waals surface area contributed by atoms with Gasteiger partial charge in [-0.2, -0.15) is 0 Å². The maximum Gasteiger partial charge on any atom is 0.328 e. The number of aliphatic hydroxyl groups is 1. The molecule has 0 radical (unpaired) electrons. The van der Waals surface area contributed by atoms with Gasteiger partial charge in [-0.1, -0.05) is 26.2 Å². The van der Waals surface area contributed by atoms with Crippen LogP contribution in [-0.4, -0.2) is 40.9 Å². The molecular weight excluding hydrogens is 224 g/mol. The van der Waals surface area contributed by atoms with Crippen LogP contribution in [0.4, 0.5) is 4.79 Å². The number of carbonyl (C=O) groups excluding carboxylic acids is 1. The third-order valence-corrected chi connectivity index (χ3v) is 2.35. The van der Waals surface area contributed by atoms with Gasteiger partial charge in [0.25, 0.3) is 0 Å². The Bertz CT molecular complexity index is 244. The van der Waals surface area contributed by atoms with Gasteiger partial charge in [-0.3, -0.25) is 0 Å². The van der Waals surface area contributed by atoms with Crippen molar-refractivity contribution in [2.24, 2.45) is 0 Å². The molecule has 0 fully saturated rings. The first-order valence-corrected chi connectivity index (χ1v) is 5.94. The fourth-order valence-corrected chi connectivity index (χ4v) is 1.33. The van der Waals surface area contributed by atoms with Gasteiger partial charge in [0.05, 0.1) is 6.10 Å². The Labute approximate surface area is 101 Å². The molecule has 0 saturated heterocycles. The van der Waals surface area contributed by atoms with Crippen molar-refractivity contribution in [2.45, 2.75) is 51.7 Å². The highest BCUT2D eigenvalue weighted by Crippen LogP contribution is 1.97. The fraction of sp³-hybridized carbons (Fsp3) is 0.818. The molecule has 0 aliphatic carbocycles. The Morgan fingerprint density at radius 1 is 1.24 bits per heavy atom. The predicted molar refractivity (Wildman–Crippen MR) is 63.8 cm³/mol. The van der Waals surface area contributed by atoms with E-state index >= 15 is 0 Å². The number of aliphatic hydroxyl groups excluding tert-OH is 1. The molecule has 6 nitrogen and oxygen atoms in total. The van der Waals surface area contributed by atoms with E-state index < -0.39 is 24.1 Å². The topological polar surface area (TPSA) is 98.7 Å². The second-order valence-electron chi connectivity index (χ2n) is 4.02. The van der Waals surface area contributed by atoms with Crippen molar-refractivity contribution in [1.29, 1.82) is 0 Å². The summed E-state index contributed by atoms with van der Waals surface area (Å²) in [5.74, 6) is -1.25. The van der Waals surface area contributed by atoms with Gasteiger partial charge in [-0.05, 0) is 13.3 Å². The SMILES string of the molecule is CCCCCCNC(=O)N[C@H](C(=O)O)[C@@H](C)O. The number of unbranched alkanes of at least 4 members (excludes halogenated alkanes) is 3. The molecule has 0 unspecified atom stereocenters. The molecule has 17 heavy (non-hydrogen) atoms.